The van der Waals surface area contributed by atoms with E-state index in [4.69, 9.17) is 9.47 Å². The molecule has 0 radical (unpaired) electrons. The molecule has 0 aliphatic carbocycles. The third-order valence-electron chi connectivity index (χ3n) is 4.84. The molecule has 0 saturated heterocycles. The molecule has 6 nitrogen and oxygen atoms in total. The van der Waals surface area contributed by atoms with E-state index < -0.39 is 6.04 Å². The third kappa shape index (κ3) is 7.10. The molecule has 30 heavy (non-hydrogen) atoms. The quantitative estimate of drug-likeness (QED) is 0.580. The van der Waals surface area contributed by atoms with Crippen LogP contribution in [0.25, 0.3) is 0 Å². The van der Waals surface area contributed by atoms with Gasteiger partial charge >= 0.3 is 0 Å². The van der Waals surface area contributed by atoms with E-state index in [9.17, 15) is 9.59 Å². The highest BCUT2D eigenvalue weighted by Gasteiger charge is 2.28. The SMILES string of the molecule is CCCNC(=O)C(CC)N(CCc1ccccc1)C(=O)COc1ccc(OC)cc1. The van der Waals surface area contributed by atoms with Crippen molar-refractivity contribution in [3.63, 3.8) is 0 Å². The summed E-state index contributed by atoms with van der Waals surface area (Å²) in [6, 6.07) is 16.5. The van der Waals surface area contributed by atoms with Crippen molar-refractivity contribution in [3.8, 4) is 11.5 Å². The number of benzene rings is 2. The van der Waals surface area contributed by atoms with Crippen LogP contribution in [-0.2, 0) is 16.0 Å². The number of rotatable bonds is 12. The van der Waals surface area contributed by atoms with Crippen LogP contribution in [0.2, 0.25) is 0 Å². The van der Waals surface area contributed by atoms with E-state index in [0.717, 1.165) is 17.7 Å². The number of nitrogens with one attached hydrogen (secondary N) is 1. The number of carbonyl (C=O) groups excluding carboxylic acids is 2. The predicted octanol–water partition coefficient (Wildman–Crippen LogP) is 3.45. The van der Waals surface area contributed by atoms with Gasteiger partial charge in [-0.3, -0.25) is 9.59 Å². The Hall–Kier alpha value is -3.02. The van der Waals surface area contributed by atoms with Crippen molar-refractivity contribution >= 4 is 11.8 Å². The van der Waals surface area contributed by atoms with Gasteiger partial charge in [-0.2, -0.15) is 0 Å². The molecule has 2 aromatic rings. The Kier molecular flexibility index (Phi) is 9.71. The summed E-state index contributed by atoms with van der Waals surface area (Å²) in [7, 11) is 1.60. The van der Waals surface area contributed by atoms with Crippen molar-refractivity contribution in [2.45, 2.75) is 39.2 Å². The number of nitrogens with zero attached hydrogens (tertiary/aromatic N) is 1. The van der Waals surface area contributed by atoms with E-state index >= 15 is 0 Å². The summed E-state index contributed by atoms with van der Waals surface area (Å²) in [5.74, 6) is 0.970. The molecule has 0 fully saturated rings. The Morgan fingerprint density at radius 2 is 1.67 bits per heavy atom. The van der Waals surface area contributed by atoms with Crippen molar-refractivity contribution in [3.05, 3.63) is 60.2 Å². The van der Waals surface area contributed by atoms with Crippen LogP contribution in [0.4, 0.5) is 0 Å². The standard InChI is InChI=1S/C24H32N2O4/c1-4-16-25-24(28)22(5-2)26(17-15-19-9-7-6-8-10-19)23(27)18-30-21-13-11-20(29-3)12-14-21/h6-14,22H,4-5,15-18H2,1-3H3,(H,25,28). The lowest BCUT2D eigenvalue weighted by atomic mass is 10.1. The Bertz CT molecular complexity index is 778. The van der Waals surface area contributed by atoms with Gasteiger partial charge in [-0.1, -0.05) is 44.2 Å². The molecule has 1 N–H and O–H groups in total. The number of ether oxygens (including phenoxy) is 2. The van der Waals surface area contributed by atoms with Crippen LogP contribution < -0.4 is 14.8 Å². The molecule has 0 heterocycles. The molecule has 0 spiro atoms. The molecule has 1 atom stereocenters. The first kappa shape index (κ1) is 23.3. The summed E-state index contributed by atoms with van der Waals surface area (Å²) < 4.78 is 10.8. The number of methoxy groups -OCH3 is 1. The van der Waals surface area contributed by atoms with E-state index in [-0.39, 0.29) is 18.4 Å². The van der Waals surface area contributed by atoms with Gasteiger partial charge in [-0.25, -0.2) is 0 Å². The van der Waals surface area contributed by atoms with E-state index in [1.165, 1.54) is 0 Å². The van der Waals surface area contributed by atoms with Crippen LogP contribution in [0.3, 0.4) is 0 Å². The maximum Gasteiger partial charge on any atom is 0.261 e. The third-order valence-corrected chi connectivity index (χ3v) is 4.84. The van der Waals surface area contributed by atoms with Crippen LogP contribution >= 0.6 is 0 Å². The van der Waals surface area contributed by atoms with Crippen molar-refractivity contribution in [1.29, 1.82) is 0 Å². The number of hydrogen-bond acceptors (Lipinski definition) is 4. The van der Waals surface area contributed by atoms with Crippen molar-refractivity contribution in [2.24, 2.45) is 0 Å². The number of amides is 2. The van der Waals surface area contributed by atoms with Crippen LogP contribution in [0.15, 0.2) is 54.6 Å². The van der Waals surface area contributed by atoms with Gasteiger partial charge in [-0.15, -0.1) is 0 Å². The summed E-state index contributed by atoms with van der Waals surface area (Å²) in [6.45, 7) is 4.84. The summed E-state index contributed by atoms with van der Waals surface area (Å²) >= 11 is 0. The van der Waals surface area contributed by atoms with E-state index in [1.807, 2.05) is 44.2 Å². The number of hydrogen-bond donors (Lipinski definition) is 1. The van der Waals surface area contributed by atoms with Gasteiger partial charge < -0.3 is 19.7 Å². The molecule has 0 aliphatic heterocycles. The summed E-state index contributed by atoms with van der Waals surface area (Å²) in [5, 5.41) is 2.92. The molecular weight excluding hydrogens is 380 g/mol. The zero-order valence-corrected chi connectivity index (χ0v) is 18.1. The molecule has 6 heteroatoms. The second kappa shape index (κ2) is 12.5. The van der Waals surface area contributed by atoms with Gasteiger partial charge in [0.25, 0.3) is 5.91 Å². The van der Waals surface area contributed by atoms with Gasteiger partial charge in [0.2, 0.25) is 5.91 Å². The molecule has 0 aliphatic rings. The Balaban J connectivity index is 2.08. The fourth-order valence-electron chi connectivity index (χ4n) is 3.16. The summed E-state index contributed by atoms with van der Waals surface area (Å²) in [5.41, 5.74) is 1.12. The highest BCUT2D eigenvalue weighted by atomic mass is 16.5. The molecule has 2 rings (SSSR count). The fourth-order valence-corrected chi connectivity index (χ4v) is 3.16. The van der Waals surface area contributed by atoms with E-state index in [0.29, 0.717) is 31.7 Å². The minimum absolute atomic E-state index is 0.120. The lowest BCUT2D eigenvalue weighted by molar-refractivity contribution is -0.142. The van der Waals surface area contributed by atoms with Gasteiger partial charge in [-0.05, 0) is 49.1 Å². The van der Waals surface area contributed by atoms with Crippen molar-refractivity contribution < 1.29 is 19.1 Å². The topological polar surface area (TPSA) is 67.9 Å². The van der Waals surface area contributed by atoms with E-state index in [2.05, 4.69) is 5.32 Å². The minimum atomic E-state index is -0.521. The zero-order chi connectivity index (χ0) is 21.8. The maximum atomic E-state index is 13.0. The highest BCUT2D eigenvalue weighted by molar-refractivity contribution is 5.88. The molecule has 0 bridgehead atoms. The summed E-state index contributed by atoms with van der Waals surface area (Å²) in [6.07, 6.45) is 2.06. The van der Waals surface area contributed by atoms with Crippen molar-refractivity contribution in [2.75, 3.05) is 26.8 Å². The summed E-state index contributed by atoms with van der Waals surface area (Å²) in [4.78, 5) is 27.4. The molecule has 0 aromatic heterocycles. The average Bonchev–Trinajstić information content (AvgIpc) is 2.79. The normalized spacial score (nSPS) is 11.4. The molecular formula is C24H32N2O4. The van der Waals surface area contributed by atoms with Crippen LogP contribution in [-0.4, -0.2) is 49.6 Å². The lowest BCUT2D eigenvalue weighted by Gasteiger charge is -2.30. The van der Waals surface area contributed by atoms with Crippen molar-refractivity contribution in [1.82, 2.24) is 10.2 Å². The largest absolute Gasteiger partial charge is 0.497 e. The smallest absolute Gasteiger partial charge is 0.261 e. The second-order valence-electron chi connectivity index (χ2n) is 7.00. The first-order valence-electron chi connectivity index (χ1n) is 10.5. The minimum Gasteiger partial charge on any atom is -0.497 e. The monoisotopic (exact) mass is 412 g/mol. The predicted molar refractivity (Wildman–Crippen MR) is 118 cm³/mol. The van der Waals surface area contributed by atoms with Gasteiger partial charge in [0.15, 0.2) is 6.61 Å². The van der Waals surface area contributed by atoms with Gasteiger partial charge in [0, 0.05) is 13.1 Å². The zero-order valence-electron chi connectivity index (χ0n) is 18.1. The Morgan fingerprint density at radius 3 is 2.27 bits per heavy atom. The molecule has 1 unspecified atom stereocenters. The van der Waals surface area contributed by atoms with Gasteiger partial charge in [0.05, 0.1) is 7.11 Å². The molecule has 0 saturated carbocycles. The molecule has 2 amide bonds. The number of carbonyl (C=O) groups is 2. The first-order chi connectivity index (χ1) is 14.6. The van der Waals surface area contributed by atoms with E-state index in [1.54, 1.807) is 36.3 Å². The first-order valence-corrected chi connectivity index (χ1v) is 10.5. The Labute approximate surface area is 179 Å². The molecule has 162 valence electrons. The second-order valence-corrected chi connectivity index (χ2v) is 7.00. The highest BCUT2D eigenvalue weighted by Crippen LogP contribution is 2.17. The lowest BCUT2D eigenvalue weighted by Crippen LogP contribution is -2.51. The van der Waals surface area contributed by atoms with Crippen LogP contribution in [0.5, 0.6) is 11.5 Å². The fraction of sp³-hybridized carbons (Fsp3) is 0.417. The maximum absolute atomic E-state index is 13.0. The average molecular weight is 413 g/mol. The molecule has 2 aromatic carbocycles. The van der Waals surface area contributed by atoms with Gasteiger partial charge in [0.1, 0.15) is 17.5 Å². The van der Waals surface area contributed by atoms with Crippen LogP contribution in [0.1, 0.15) is 32.3 Å². The van der Waals surface area contributed by atoms with Crippen LogP contribution in [0, 0.1) is 0 Å². The Morgan fingerprint density at radius 1 is 1.00 bits per heavy atom.